The molecule has 0 unspecified atom stereocenters. The molecule has 0 saturated heterocycles. The van der Waals surface area contributed by atoms with E-state index in [9.17, 15) is 9.59 Å². The summed E-state index contributed by atoms with van der Waals surface area (Å²) in [7, 11) is 0. The van der Waals surface area contributed by atoms with Gasteiger partial charge in [-0.2, -0.15) is 0 Å². The van der Waals surface area contributed by atoms with Gasteiger partial charge in [-0.25, -0.2) is 0 Å². The average molecular weight is 374 g/mol. The molecule has 0 bridgehead atoms. The molecule has 1 aliphatic rings. The largest absolute Gasteiger partial charge is 0.326 e. The molecule has 27 heavy (non-hydrogen) atoms. The van der Waals surface area contributed by atoms with Crippen molar-refractivity contribution in [2.24, 2.45) is 0 Å². The van der Waals surface area contributed by atoms with E-state index < -0.39 is 0 Å². The first kappa shape index (κ1) is 17.4. The van der Waals surface area contributed by atoms with Crippen LogP contribution in [0.25, 0.3) is 11.1 Å². The van der Waals surface area contributed by atoms with E-state index in [0.717, 1.165) is 27.3 Å². The molecule has 0 aromatic heterocycles. The van der Waals surface area contributed by atoms with E-state index in [1.54, 1.807) is 6.07 Å². The Hall–Kier alpha value is -3.05. The average Bonchev–Trinajstić information content (AvgIpc) is 2.69. The normalized spacial score (nSPS) is 12.8. The van der Waals surface area contributed by atoms with Crippen LogP contribution in [0.2, 0.25) is 0 Å². The van der Waals surface area contributed by atoms with Crippen LogP contribution in [0.3, 0.4) is 0 Å². The van der Waals surface area contributed by atoms with Crippen LogP contribution < -0.4 is 10.6 Å². The summed E-state index contributed by atoms with van der Waals surface area (Å²) >= 11 is 1.50. The molecule has 3 aromatic carbocycles. The van der Waals surface area contributed by atoms with Crippen molar-refractivity contribution >= 4 is 35.0 Å². The lowest BCUT2D eigenvalue weighted by Gasteiger charge is -2.17. The third kappa shape index (κ3) is 4.20. The molecule has 134 valence electrons. The highest BCUT2D eigenvalue weighted by molar-refractivity contribution is 8.00. The molecule has 4 rings (SSSR count). The van der Waals surface area contributed by atoms with E-state index in [1.807, 2.05) is 54.6 Å². The summed E-state index contributed by atoms with van der Waals surface area (Å²) in [6.45, 7) is 0. The Kier molecular flexibility index (Phi) is 4.94. The van der Waals surface area contributed by atoms with E-state index in [4.69, 9.17) is 0 Å². The topological polar surface area (TPSA) is 58.2 Å². The number of carbonyl (C=O) groups excluding carboxylic acids is 2. The molecule has 0 radical (unpaired) electrons. The Morgan fingerprint density at radius 3 is 2.48 bits per heavy atom. The Balaban J connectivity index is 1.41. The highest BCUT2D eigenvalue weighted by Crippen LogP contribution is 2.33. The Morgan fingerprint density at radius 1 is 0.963 bits per heavy atom. The van der Waals surface area contributed by atoms with Gasteiger partial charge in [0.2, 0.25) is 11.8 Å². The van der Waals surface area contributed by atoms with Gasteiger partial charge in [0.25, 0.3) is 0 Å². The smallest absolute Gasteiger partial charge is 0.234 e. The van der Waals surface area contributed by atoms with E-state index in [-0.39, 0.29) is 11.8 Å². The van der Waals surface area contributed by atoms with Crippen LogP contribution in [-0.4, -0.2) is 17.6 Å². The highest BCUT2D eigenvalue weighted by atomic mass is 32.2. The number of amides is 2. The van der Waals surface area contributed by atoms with Gasteiger partial charge in [-0.1, -0.05) is 54.6 Å². The minimum Gasteiger partial charge on any atom is -0.326 e. The van der Waals surface area contributed by atoms with Crippen LogP contribution in [0.4, 0.5) is 11.4 Å². The summed E-state index contributed by atoms with van der Waals surface area (Å²) in [6.07, 6.45) is 0.299. The molecular formula is C22H18N2O2S. The van der Waals surface area contributed by atoms with Crippen molar-refractivity contribution in [3.05, 3.63) is 78.4 Å². The monoisotopic (exact) mass is 374 g/mol. The number of hydrogen-bond acceptors (Lipinski definition) is 3. The van der Waals surface area contributed by atoms with Crippen LogP contribution >= 0.6 is 11.8 Å². The summed E-state index contributed by atoms with van der Waals surface area (Å²) in [5.74, 6) is 0.323. The lowest BCUT2D eigenvalue weighted by Crippen LogP contribution is -2.19. The second-order valence-corrected chi connectivity index (χ2v) is 7.35. The fourth-order valence-corrected chi connectivity index (χ4v) is 3.79. The maximum absolute atomic E-state index is 12.4. The molecule has 0 saturated carbocycles. The number of thioether (sulfide) groups is 1. The van der Waals surface area contributed by atoms with Gasteiger partial charge in [0.15, 0.2) is 0 Å². The van der Waals surface area contributed by atoms with E-state index in [0.29, 0.717) is 17.9 Å². The van der Waals surface area contributed by atoms with Crippen LogP contribution in [0.15, 0.2) is 77.7 Å². The molecule has 3 aromatic rings. The molecule has 5 heteroatoms. The van der Waals surface area contributed by atoms with Crippen molar-refractivity contribution in [3.63, 3.8) is 0 Å². The van der Waals surface area contributed by atoms with Gasteiger partial charge in [0.05, 0.1) is 17.9 Å². The fourth-order valence-electron chi connectivity index (χ4n) is 3.00. The van der Waals surface area contributed by atoms with Gasteiger partial charge < -0.3 is 10.6 Å². The lowest BCUT2D eigenvalue weighted by molar-refractivity contribution is -0.115. The van der Waals surface area contributed by atoms with Gasteiger partial charge in [-0.15, -0.1) is 11.8 Å². The molecule has 1 heterocycles. The van der Waals surface area contributed by atoms with Gasteiger partial charge in [-0.05, 0) is 34.9 Å². The molecule has 4 nitrogen and oxygen atoms in total. The van der Waals surface area contributed by atoms with Crippen molar-refractivity contribution in [2.75, 3.05) is 16.4 Å². The Bertz CT molecular complexity index is 985. The summed E-state index contributed by atoms with van der Waals surface area (Å²) in [4.78, 5) is 24.9. The minimum atomic E-state index is -0.0859. The molecule has 0 fully saturated rings. The van der Waals surface area contributed by atoms with Crippen LogP contribution in [-0.2, 0) is 16.0 Å². The molecule has 0 aliphatic carbocycles. The minimum absolute atomic E-state index is 0.0190. The summed E-state index contributed by atoms with van der Waals surface area (Å²) in [5, 5.41) is 5.74. The Labute approximate surface area is 162 Å². The van der Waals surface area contributed by atoms with Crippen molar-refractivity contribution in [2.45, 2.75) is 11.3 Å². The number of anilines is 2. The predicted molar refractivity (Wildman–Crippen MR) is 110 cm³/mol. The number of hydrogen-bond donors (Lipinski definition) is 2. The molecule has 0 atom stereocenters. The van der Waals surface area contributed by atoms with E-state index in [2.05, 4.69) is 22.8 Å². The number of carbonyl (C=O) groups is 2. The predicted octanol–water partition coefficient (Wildman–Crippen LogP) is 4.58. The third-order valence-corrected chi connectivity index (χ3v) is 5.40. The van der Waals surface area contributed by atoms with Crippen LogP contribution in [0.5, 0.6) is 0 Å². The van der Waals surface area contributed by atoms with Crippen LogP contribution in [0, 0.1) is 0 Å². The second kappa shape index (κ2) is 7.68. The number of rotatable bonds is 4. The number of nitrogens with one attached hydrogen (secondary N) is 2. The first-order valence-electron chi connectivity index (χ1n) is 8.68. The molecular weight excluding hydrogens is 356 g/mol. The van der Waals surface area contributed by atoms with Crippen molar-refractivity contribution < 1.29 is 9.59 Å². The zero-order valence-corrected chi connectivity index (χ0v) is 15.4. The first-order chi connectivity index (χ1) is 13.2. The summed E-state index contributed by atoms with van der Waals surface area (Å²) in [5.41, 5.74) is 4.67. The quantitative estimate of drug-likeness (QED) is 0.703. The summed E-state index contributed by atoms with van der Waals surface area (Å²) < 4.78 is 0. The first-order valence-corrected chi connectivity index (χ1v) is 9.67. The SMILES string of the molecule is O=C(Cc1ccc(-c2ccccc2)cc1)Nc1ccc2c(c1)NC(=O)CS2. The summed E-state index contributed by atoms with van der Waals surface area (Å²) in [6, 6.07) is 23.7. The van der Waals surface area contributed by atoms with Gasteiger partial charge in [-0.3, -0.25) is 9.59 Å². The van der Waals surface area contributed by atoms with Crippen molar-refractivity contribution in [1.29, 1.82) is 0 Å². The highest BCUT2D eigenvalue weighted by Gasteiger charge is 2.16. The molecule has 2 N–H and O–H groups in total. The number of benzene rings is 3. The van der Waals surface area contributed by atoms with E-state index >= 15 is 0 Å². The molecule has 2 amide bonds. The molecule has 1 aliphatic heterocycles. The van der Waals surface area contributed by atoms with Gasteiger partial charge in [0.1, 0.15) is 0 Å². The van der Waals surface area contributed by atoms with E-state index in [1.165, 1.54) is 11.8 Å². The fraction of sp³-hybridized carbons (Fsp3) is 0.0909. The molecule has 0 spiro atoms. The zero-order valence-electron chi connectivity index (χ0n) is 14.6. The third-order valence-electron chi connectivity index (χ3n) is 4.32. The maximum atomic E-state index is 12.4. The lowest BCUT2D eigenvalue weighted by atomic mass is 10.0. The van der Waals surface area contributed by atoms with Gasteiger partial charge in [0, 0.05) is 10.6 Å². The van der Waals surface area contributed by atoms with Crippen molar-refractivity contribution in [3.8, 4) is 11.1 Å². The Morgan fingerprint density at radius 2 is 1.70 bits per heavy atom. The van der Waals surface area contributed by atoms with Gasteiger partial charge >= 0.3 is 0 Å². The van der Waals surface area contributed by atoms with Crippen molar-refractivity contribution in [1.82, 2.24) is 0 Å². The van der Waals surface area contributed by atoms with Crippen LogP contribution in [0.1, 0.15) is 5.56 Å². The number of fused-ring (bicyclic) bond motifs is 1. The maximum Gasteiger partial charge on any atom is 0.234 e. The standard InChI is InChI=1S/C22H18N2O2S/c25-21(23-18-10-11-20-19(13-18)24-22(26)14-27-20)12-15-6-8-17(9-7-15)16-4-2-1-3-5-16/h1-11,13H,12,14H2,(H,23,25)(H,24,26). The zero-order chi connectivity index (χ0) is 18.6. The second-order valence-electron chi connectivity index (χ2n) is 6.34.